The molecule has 0 radical (unpaired) electrons. The van der Waals surface area contributed by atoms with E-state index in [4.69, 9.17) is 5.73 Å². The molecule has 4 nitrogen and oxygen atoms in total. The number of hydrogen-bond acceptors (Lipinski definition) is 4. The van der Waals surface area contributed by atoms with Crippen LogP contribution in [0.4, 0.5) is 0 Å². The molecule has 0 aromatic heterocycles. The van der Waals surface area contributed by atoms with Gasteiger partial charge in [0.25, 0.3) is 0 Å². The molecule has 1 atom stereocenters. The summed E-state index contributed by atoms with van der Waals surface area (Å²) < 4.78 is 22.7. The van der Waals surface area contributed by atoms with Crippen molar-refractivity contribution in [1.29, 1.82) is 0 Å². The molecule has 1 heterocycles. The van der Waals surface area contributed by atoms with Gasteiger partial charge in [-0.3, -0.25) is 4.90 Å². The van der Waals surface area contributed by atoms with Crippen LogP contribution in [-0.4, -0.2) is 38.7 Å². The lowest BCUT2D eigenvalue weighted by Gasteiger charge is -2.30. The Kier molecular flexibility index (Phi) is 4.04. The summed E-state index contributed by atoms with van der Waals surface area (Å²) in [6.45, 7) is 2.84. The molecular weight excluding hydrogens is 248 g/mol. The third kappa shape index (κ3) is 3.54. The van der Waals surface area contributed by atoms with Gasteiger partial charge in [0.2, 0.25) is 0 Å². The molecule has 1 aromatic carbocycles. The quantitative estimate of drug-likeness (QED) is 0.889. The van der Waals surface area contributed by atoms with E-state index in [-0.39, 0.29) is 6.04 Å². The predicted octanol–water partition coefficient (Wildman–Crippen LogP) is 1.01. The minimum absolute atomic E-state index is 0.272. The van der Waals surface area contributed by atoms with Crippen LogP contribution < -0.4 is 5.73 Å². The Morgan fingerprint density at radius 2 is 2.00 bits per heavy atom. The van der Waals surface area contributed by atoms with Gasteiger partial charge in [-0.2, -0.15) is 0 Å². The Morgan fingerprint density at radius 3 is 2.56 bits per heavy atom. The highest BCUT2D eigenvalue weighted by atomic mass is 32.2. The monoisotopic (exact) mass is 268 g/mol. The molecule has 0 amide bonds. The fourth-order valence-electron chi connectivity index (χ4n) is 2.34. The maximum absolute atomic E-state index is 11.4. The zero-order chi connectivity index (χ0) is 13.2. The number of nitrogens with two attached hydrogens (primary N) is 1. The lowest BCUT2D eigenvalue weighted by molar-refractivity contribution is 0.201. The number of hydrogen-bond donors (Lipinski definition) is 1. The summed E-state index contributed by atoms with van der Waals surface area (Å²) in [6, 6.07) is 7.39. The van der Waals surface area contributed by atoms with E-state index in [1.807, 2.05) is 12.1 Å². The van der Waals surface area contributed by atoms with E-state index >= 15 is 0 Å². The molecule has 5 heteroatoms. The summed E-state index contributed by atoms with van der Waals surface area (Å²) >= 11 is 0. The Labute approximate surface area is 109 Å². The molecule has 1 saturated heterocycles. The average Bonchev–Trinajstić information content (AvgIpc) is 2.28. The van der Waals surface area contributed by atoms with Gasteiger partial charge in [0.15, 0.2) is 9.84 Å². The molecule has 1 unspecified atom stereocenters. The highest BCUT2D eigenvalue weighted by Gasteiger charge is 2.16. The molecule has 1 aliphatic heterocycles. The van der Waals surface area contributed by atoms with Crippen LogP contribution in [0.15, 0.2) is 29.2 Å². The van der Waals surface area contributed by atoms with Crippen molar-refractivity contribution in [3.05, 3.63) is 29.8 Å². The van der Waals surface area contributed by atoms with Crippen LogP contribution in [-0.2, 0) is 16.4 Å². The van der Waals surface area contributed by atoms with Crippen LogP contribution >= 0.6 is 0 Å². The summed E-state index contributed by atoms with van der Waals surface area (Å²) in [5, 5.41) is 0. The van der Waals surface area contributed by atoms with E-state index in [0.29, 0.717) is 4.90 Å². The number of nitrogens with zero attached hydrogens (tertiary/aromatic N) is 1. The van der Waals surface area contributed by atoms with Gasteiger partial charge in [0, 0.05) is 25.4 Å². The van der Waals surface area contributed by atoms with Gasteiger partial charge >= 0.3 is 0 Å². The van der Waals surface area contributed by atoms with E-state index in [9.17, 15) is 8.42 Å². The smallest absolute Gasteiger partial charge is 0.175 e. The van der Waals surface area contributed by atoms with Crippen molar-refractivity contribution in [1.82, 2.24) is 4.90 Å². The van der Waals surface area contributed by atoms with Crippen LogP contribution in [0.2, 0.25) is 0 Å². The molecule has 1 aromatic rings. The van der Waals surface area contributed by atoms with Crippen LogP contribution in [0.25, 0.3) is 0 Å². The largest absolute Gasteiger partial charge is 0.327 e. The summed E-state index contributed by atoms with van der Waals surface area (Å²) in [4.78, 5) is 2.70. The van der Waals surface area contributed by atoms with Crippen molar-refractivity contribution in [2.45, 2.75) is 30.3 Å². The third-order valence-corrected chi connectivity index (χ3v) is 4.43. The van der Waals surface area contributed by atoms with Crippen molar-refractivity contribution in [2.75, 3.05) is 19.3 Å². The second-order valence-corrected chi connectivity index (χ2v) is 7.07. The predicted molar refractivity (Wildman–Crippen MR) is 72.0 cm³/mol. The molecule has 0 saturated carbocycles. The minimum atomic E-state index is -3.10. The number of sulfone groups is 1. The molecule has 0 spiro atoms. The molecule has 100 valence electrons. The first-order chi connectivity index (χ1) is 8.45. The van der Waals surface area contributed by atoms with Crippen molar-refractivity contribution < 1.29 is 8.42 Å². The number of benzene rings is 1. The second kappa shape index (κ2) is 5.38. The number of piperidine rings is 1. The van der Waals surface area contributed by atoms with Crippen molar-refractivity contribution in [2.24, 2.45) is 5.73 Å². The molecule has 0 aliphatic carbocycles. The Hall–Kier alpha value is -0.910. The highest BCUT2D eigenvalue weighted by Crippen LogP contribution is 2.15. The van der Waals surface area contributed by atoms with Gasteiger partial charge in [0.05, 0.1) is 4.90 Å². The van der Waals surface area contributed by atoms with E-state index in [2.05, 4.69) is 4.90 Å². The lowest BCUT2D eigenvalue weighted by Crippen LogP contribution is -2.42. The fourth-order valence-corrected chi connectivity index (χ4v) is 2.97. The van der Waals surface area contributed by atoms with Crippen molar-refractivity contribution in [3.8, 4) is 0 Å². The molecule has 2 rings (SSSR count). The van der Waals surface area contributed by atoms with Gasteiger partial charge in [-0.1, -0.05) is 12.1 Å². The van der Waals surface area contributed by atoms with Crippen LogP contribution in [0.5, 0.6) is 0 Å². The molecule has 2 N–H and O–H groups in total. The van der Waals surface area contributed by atoms with E-state index < -0.39 is 9.84 Å². The molecule has 1 fully saturated rings. The molecule has 18 heavy (non-hydrogen) atoms. The number of likely N-dealkylation sites (tertiary alicyclic amines) is 1. The zero-order valence-corrected chi connectivity index (χ0v) is 11.5. The van der Waals surface area contributed by atoms with E-state index in [1.54, 1.807) is 12.1 Å². The van der Waals surface area contributed by atoms with Crippen LogP contribution in [0, 0.1) is 0 Å². The average molecular weight is 268 g/mol. The third-order valence-electron chi connectivity index (χ3n) is 3.30. The van der Waals surface area contributed by atoms with Crippen LogP contribution in [0.1, 0.15) is 18.4 Å². The van der Waals surface area contributed by atoms with Crippen molar-refractivity contribution >= 4 is 9.84 Å². The first-order valence-corrected chi connectivity index (χ1v) is 8.11. The zero-order valence-electron chi connectivity index (χ0n) is 10.7. The van der Waals surface area contributed by atoms with Gasteiger partial charge in [-0.05, 0) is 37.1 Å². The van der Waals surface area contributed by atoms with Crippen LogP contribution in [0.3, 0.4) is 0 Å². The van der Waals surface area contributed by atoms with Gasteiger partial charge in [0.1, 0.15) is 0 Å². The van der Waals surface area contributed by atoms with Gasteiger partial charge in [-0.25, -0.2) is 8.42 Å². The maximum Gasteiger partial charge on any atom is 0.175 e. The highest BCUT2D eigenvalue weighted by molar-refractivity contribution is 7.90. The first kappa shape index (κ1) is 13.5. The first-order valence-electron chi connectivity index (χ1n) is 6.22. The molecular formula is C13H20N2O2S. The Balaban J connectivity index is 2.02. The number of rotatable bonds is 3. The van der Waals surface area contributed by atoms with E-state index in [1.165, 1.54) is 6.26 Å². The lowest BCUT2D eigenvalue weighted by atomic mass is 10.1. The fraction of sp³-hybridized carbons (Fsp3) is 0.538. The van der Waals surface area contributed by atoms with Crippen molar-refractivity contribution in [3.63, 3.8) is 0 Å². The molecule has 0 bridgehead atoms. The molecule has 1 aliphatic rings. The normalized spacial score (nSPS) is 22.0. The van der Waals surface area contributed by atoms with E-state index in [0.717, 1.165) is 38.0 Å². The summed E-state index contributed by atoms with van der Waals surface area (Å²) in [5.74, 6) is 0. The maximum atomic E-state index is 11.4. The minimum Gasteiger partial charge on any atom is -0.327 e. The van der Waals surface area contributed by atoms with Gasteiger partial charge < -0.3 is 5.73 Å². The topological polar surface area (TPSA) is 63.4 Å². The Bertz CT molecular complexity index is 496. The summed E-state index contributed by atoms with van der Waals surface area (Å²) in [5.41, 5.74) is 7.07. The summed E-state index contributed by atoms with van der Waals surface area (Å²) in [7, 11) is -3.10. The second-order valence-electron chi connectivity index (χ2n) is 5.05. The SMILES string of the molecule is CS(=O)(=O)c1ccc(CN2CCCC(N)C2)cc1. The summed E-state index contributed by atoms with van der Waals surface area (Å²) in [6.07, 6.45) is 3.47. The standard InChI is InChI=1S/C13H20N2O2S/c1-18(16,17)13-6-4-11(5-7-13)9-15-8-2-3-12(14)10-15/h4-7,12H,2-3,8-10,14H2,1H3. The Morgan fingerprint density at radius 1 is 1.33 bits per heavy atom. The van der Waals surface area contributed by atoms with Gasteiger partial charge in [-0.15, -0.1) is 0 Å².